The van der Waals surface area contributed by atoms with Crippen molar-refractivity contribution in [1.29, 1.82) is 0 Å². The van der Waals surface area contributed by atoms with Crippen LogP contribution in [0.2, 0.25) is 0 Å². The molecule has 1 N–H and O–H groups in total. The number of benzene rings is 1. The predicted molar refractivity (Wildman–Crippen MR) is 78.1 cm³/mol. The van der Waals surface area contributed by atoms with Crippen LogP contribution in [0.5, 0.6) is 5.75 Å². The van der Waals surface area contributed by atoms with Gasteiger partial charge in [-0.3, -0.25) is 0 Å². The number of methoxy groups -OCH3 is 1. The quantitative estimate of drug-likeness (QED) is 0.837. The van der Waals surface area contributed by atoms with E-state index in [1.54, 1.807) is 7.11 Å². The maximum Gasteiger partial charge on any atom is 0.133 e. The third kappa shape index (κ3) is 4.26. The molecule has 1 aromatic rings. The molecule has 1 aliphatic carbocycles. The first kappa shape index (κ1) is 13.8. The molecule has 2 rings (SSSR count). The summed E-state index contributed by atoms with van der Waals surface area (Å²) in [5.74, 6) is 0.886. The van der Waals surface area contributed by atoms with Crippen LogP contribution in [0.1, 0.15) is 18.4 Å². The fourth-order valence-corrected chi connectivity index (χ4v) is 2.53. The molecule has 0 atom stereocenters. The van der Waals surface area contributed by atoms with E-state index in [9.17, 15) is 0 Å². The van der Waals surface area contributed by atoms with Crippen molar-refractivity contribution < 1.29 is 4.74 Å². The second-order valence-corrected chi connectivity index (χ2v) is 5.79. The Morgan fingerprint density at radius 3 is 2.83 bits per heavy atom. The van der Waals surface area contributed by atoms with Crippen molar-refractivity contribution in [2.24, 2.45) is 0 Å². The highest BCUT2D eigenvalue weighted by atomic mass is 79.9. The van der Waals surface area contributed by atoms with Gasteiger partial charge in [-0.2, -0.15) is 0 Å². The van der Waals surface area contributed by atoms with Crippen LogP contribution in [0.25, 0.3) is 0 Å². The van der Waals surface area contributed by atoms with Gasteiger partial charge in [0.25, 0.3) is 0 Å². The summed E-state index contributed by atoms with van der Waals surface area (Å²) in [7, 11) is 3.85. The van der Waals surface area contributed by atoms with Crippen molar-refractivity contribution in [1.82, 2.24) is 10.2 Å². The second kappa shape index (κ2) is 6.55. The second-order valence-electron chi connectivity index (χ2n) is 4.94. The normalized spacial score (nSPS) is 15.1. The lowest BCUT2D eigenvalue weighted by atomic mass is 10.2. The number of nitrogens with zero attached hydrogens (tertiary/aromatic N) is 1. The van der Waals surface area contributed by atoms with Crippen LogP contribution >= 0.6 is 15.9 Å². The summed E-state index contributed by atoms with van der Waals surface area (Å²) >= 11 is 3.52. The molecule has 0 aliphatic heterocycles. The molecule has 0 saturated heterocycles. The zero-order valence-corrected chi connectivity index (χ0v) is 12.7. The molecule has 3 nitrogen and oxygen atoms in total. The summed E-state index contributed by atoms with van der Waals surface area (Å²) in [6.45, 7) is 3.13. The Kier molecular flexibility index (Phi) is 5.03. The first-order valence-corrected chi connectivity index (χ1v) is 7.22. The summed E-state index contributed by atoms with van der Waals surface area (Å²) < 4.78 is 6.25. The molecule has 18 heavy (non-hydrogen) atoms. The highest BCUT2D eigenvalue weighted by Gasteiger charge is 2.19. The smallest absolute Gasteiger partial charge is 0.133 e. The highest BCUT2D eigenvalue weighted by Crippen LogP contribution is 2.25. The van der Waals surface area contributed by atoms with Gasteiger partial charge in [-0.1, -0.05) is 6.07 Å². The Bertz CT molecular complexity index is 393. The van der Waals surface area contributed by atoms with E-state index in [0.29, 0.717) is 0 Å². The summed E-state index contributed by atoms with van der Waals surface area (Å²) in [5, 5.41) is 3.53. The largest absolute Gasteiger partial charge is 0.496 e. The van der Waals surface area contributed by atoms with Crippen LogP contribution < -0.4 is 10.1 Å². The Balaban J connectivity index is 1.78. The number of halogens is 1. The molecule has 0 amide bonds. The number of hydrogen-bond donors (Lipinski definition) is 1. The van der Waals surface area contributed by atoms with Gasteiger partial charge in [0.2, 0.25) is 0 Å². The van der Waals surface area contributed by atoms with Crippen LogP contribution in [0.4, 0.5) is 0 Å². The molecule has 0 unspecified atom stereocenters. The topological polar surface area (TPSA) is 24.5 Å². The molecule has 0 bridgehead atoms. The van der Waals surface area contributed by atoms with Gasteiger partial charge in [-0.25, -0.2) is 0 Å². The number of likely N-dealkylation sites (N-methyl/N-ethyl adjacent to an activating group) is 1. The fourth-order valence-electron chi connectivity index (χ4n) is 1.95. The van der Waals surface area contributed by atoms with E-state index in [1.165, 1.54) is 18.4 Å². The van der Waals surface area contributed by atoms with Gasteiger partial charge in [0.15, 0.2) is 0 Å². The fraction of sp³-hybridized carbons (Fsp3) is 0.571. The molecule has 1 fully saturated rings. The summed E-state index contributed by atoms with van der Waals surface area (Å²) in [6, 6.07) is 7.06. The van der Waals surface area contributed by atoms with Gasteiger partial charge in [0, 0.05) is 25.7 Å². The monoisotopic (exact) mass is 312 g/mol. The molecule has 0 aromatic heterocycles. The molecule has 1 aromatic carbocycles. The molecule has 1 saturated carbocycles. The average molecular weight is 313 g/mol. The van der Waals surface area contributed by atoms with Crippen LogP contribution in [-0.4, -0.2) is 38.2 Å². The SMILES string of the molecule is COc1ccc(CN(C)CCNC2CC2)cc1Br. The number of rotatable bonds is 7. The van der Waals surface area contributed by atoms with E-state index < -0.39 is 0 Å². The Hall–Kier alpha value is -0.580. The molecular formula is C14H21BrN2O. The first-order chi connectivity index (χ1) is 8.69. The number of ether oxygens (including phenoxy) is 1. The summed E-state index contributed by atoms with van der Waals surface area (Å²) in [5.41, 5.74) is 1.30. The van der Waals surface area contributed by atoms with Gasteiger partial charge in [-0.05, 0) is 53.5 Å². The molecule has 4 heteroatoms. The minimum absolute atomic E-state index is 0.800. The maximum atomic E-state index is 5.23. The van der Waals surface area contributed by atoms with Crippen molar-refractivity contribution in [3.63, 3.8) is 0 Å². The van der Waals surface area contributed by atoms with Gasteiger partial charge in [-0.15, -0.1) is 0 Å². The van der Waals surface area contributed by atoms with Crippen molar-refractivity contribution in [3.05, 3.63) is 28.2 Å². The third-order valence-electron chi connectivity index (χ3n) is 3.17. The molecule has 0 spiro atoms. The van der Waals surface area contributed by atoms with E-state index in [4.69, 9.17) is 4.74 Å². The zero-order valence-electron chi connectivity index (χ0n) is 11.1. The first-order valence-electron chi connectivity index (χ1n) is 6.43. The lowest BCUT2D eigenvalue weighted by molar-refractivity contribution is 0.323. The molecule has 1 aliphatic rings. The van der Waals surface area contributed by atoms with Crippen LogP contribution in [-0.2, 0) is 6.54 Å². The lowest BCUT2D eigenvalue weighted by Gasteiger charge is -2.17. The Morgan fingerprint density at radius 1 is 1.44 bits per heavy atom. The third-order valence-corrected chi connectivity index (χ3v) is 3.79. The van der Waals surface area contributed by atoms with E-state index in [-0.39, 0.29) is 0 Å². The van der Waals surface area contributed by atoms with Crippen molar-refractivity contribution >= 4 is 15.9 Å². The standard InChI is InChI=1S/C14H21BrN2O/c1-17(8-7-16-12-4-5-12)10-11-3-6-14(18-2)13(15)9-11/h3,6,9,12,16H,4-5,7-8,10H2,1-2H3. The highest BCUT2D eigenvalue weighted by molar-refractivity contribution is 9.10. The van der Waals surface area contributed by atoms with Gasteiger partial charge in [0.1, 0.15) is 5.75 Å². The van der Waals surface area contributed by atoms with Gasteiger partial charge >= 0.3 is 0 Å². The number of hydrogen-bond acceptors (Lipinski definition) is 3. The zero-order chi connectivity index (χ0) is 13.0. The van der Waals surface area contributed by atoms with Crippen molar-refractivity contribution in [2.45, 2.75) is 25.4 Å². The van der Waals surface area contributed by atoms with E-state index in [2.05, 4.69) is 45.3 Å². The van der Waals surface area contributed by atoms with Crippen LogP contribution in [0.3, 0.4) is 0 Å². The maximum absolute atomic E-state index is 5.23. The number of nitrogens with one attached hydrogen (secondary N) is 1. The summed E-state index contributed by atoms with van der Waals surface area (Å²) in [6.07, 6.45) is 2.71. The van der Waals surface area contributed by atoms with Gasteiger partial charge in [0.05, 0.1) is 11.6 Å². The van der Waals surface area contributed by atoms with E-state index in [1.807, 2.05) is 6.07 Å². The Morgan fingerprint density at radius 2 is 2.22 bits per heavy atom. The van der Waals surface area contributed by atoms with Crippen molar-refractivity contribution in [2.75, 3.05) is 27.2 Å². The van der Waals surface area contributed by atoms with Crippen molar-refractivity contribution in [3.8, 4) is 5.75 Å². The molecule has 0 radical (unpaired) electrons. The van der Waals surface area contributed by atoms with Crippen LogP contribution in [0.15, 0.2) is 22.7 Å². The molecular weight excluding hydrogens is 292 g/mol. The van der Waals surface area contributed by atoms with Gasteiger partial charge < -0.3 is 15.0 Å². The van der Waals surface area contributed by atoms with E-state index in [0.717, 1.165) is 35.9 Å². The Labute approximate surface area is 118 Å². The molecule has 100 valence electrons. The minimum atomic E-state index is 0.800. The van der Waals surface area contributed by atoms with E-state index >= 15 is 0 Å². The average Bonchev–Trinajstić information content (AvgIpc) is 3.13. The summed E-state index contributed by atoms with van der Waals surface area (Å²) in [4.78, 5) is 2.34. The predicted octanol–water partition coefficient (Wildman–Crippen LogP) is 2.64. The van der Waals surface area contributed by atoms with Crippen LogP contribution in [0, 0.1) is 0 Å². The minimum Gasteiger partial charge on any atom is -0.496 e. The lowest BCUT2D eigenvalue weighted by Crippen LogP contribution is -2.30. The molecule has 0 heterocycles.